The average molecular weight is 348 g/mol. The van der Waals surface area contributed by atoms with Gasteiger partial charge in [-0.25, -0.2) is 9.97 Å². The smallest absolute Gasteiger partial charge is 0.272 e. The van der Waals surface area contributed by atoms with Crippen molar-refractivity contribution in [2.24, 2.45) is 0 Å². The van der Waals surface area contributed by atoms with E-state index in [4.69, 9.17) is 0 Å². The Hall–Kier alpha value is -3.68. The molecule has 0 fully saturated rings. The third-order valence-corrected chi connectivity index (χ3v) is 3.53. The molecule has 0 radical (unpaired) electrons. The van der Waals surface area contributed by atoms with Crippen molar-refractivity contribution in [3.63, 3.8) is 0 Å². The van der Waals surface area contributed by atoms with E-state index in [-0.39, 0.29) is 11.4 Å². The van der Waals surface area contributed by atoms with Crippen LogP contribution in [0.5, 0.6) is 0 Å². The molecule has 3 aromatic heterocycles. The van der Waals surface area contributed by atoms with Crippen LogP contribution < -0.4 is 10.6 Å². The maximum atomic E-state index is 12.4. The molecule has 0 aliphatic carbocycles. The van der Waals surface area contributed by atoms with Gasteiger partial charge in [0, 0.05) is 50.3 Å². The molecule has 26 heavy (non-hydrogen) atoms. The lowest BCUT2D eigenvalue weighted by Crippen LogP contribution is -2.31. The van der Waals surface area contributed by atoms with Gasteiger partial charge in [-0.15, -0.1) is 0 Å². The fourth-order valence-corrected chi connectivity index (χ4v) is 2.20. The summed E-state index contributed by atoms with van der Waals surface area (Å²) < 4.78 is 0. The van der Waals surface area contributed by atoms with Gasteiger partial charge >= 0.3 is 0 Å². The third kappa shape index (κ3) is 4.44. The maximum Gasteiger partial charge on any atom is 0.272 e. The van der Waals surface area contributed by atoms with Crippen LogP contribution in [0.15, 0.2) is 61.4 Å². The first-order valence-electron chi connectivity index (χ1n) is 7.89. The fraction of sp³-hybridized carbons (Fsp3) is 0.111. The lowest BCUT2D eigenvalue weighted by molar-refractivity contribution is 0.0908. The standard InChI is InChI=1S/C18H16N6O2/c25-17(23-11-13-1-5-19-6-2-13)15-16(22-10-9-21-15)18(26)24-12-14-3-7-20-8-4-14/h1-10H,11-12H2,(H,23,25)(H,24,26). The number of pyridine rings is 2. The predicted molar refractivity (Wildman–Crippen MR) is 92.8 cm³/mol. The highest BCUT2D eigenvalue weighted by Gasteiger charge is 2.19. The zero-order valence-corrected chi connectivity index (χ0v) is 13.8. The first-order valence-corrected chi connectivity index (χ1v) is 7.89. The summed E-state index contributed by atoms with van der Waals surface area (Å²) in [6.45, 7) is 0.603. The number of rotatable bonds is 6. The largest absolute Gasteiger partial charge is 0.347 e. The van der Waals surface area contributed by atoms with Gasteiger partial charge in [0.15, 0.2) is 11.4 Å². The van der Waals surface area contributed by atoms with Gasteiger partial charge in [0.2, 0.25) is 0 Å². The Morgan fingerprint density at radius 2 is 1.04 bits per heavy atom. The molecule has 0 spiro atoms. The van der Waals surface area contributed by atoms with Gasteiger partial charge in [-0.05, 0) is 35.4 Å². The number of aromatic nitrogens is 4. The van der Waals surface area contributed by atoms with Crippen LogP contribution in [-0.2, 0) is 13.1 Å². The van der Waals surface area contributed by atoms with E-state index in [1.54, 1.807) is 49.1 Å². The second-order valence-electron chi connectivity index (χ2n) is 5.33. The van der Waals surface area contributed by atoms with Gasteiger partial charge in [-0.2, -0.15) is 0 Å². The molecule has 8 heteroatoms. The molecule has 0 aromatic carbocycles. The minimum absolute atomic E-state index is 0.0196. The normalized spacial score (nSPS) is 10.2. The number of amides is 2. The molecule has 0 saturated carbocycles. The highest BCUT2D eigenvalue weighted by Crippen LogP contribution is 2.04. The van der Waals surface area contributed by atoms with Gasteiger partial charge in [0.05, 0.1) is 0 Å². The van der Waals surface area contributed by atoms with Crippen molar-refractivity contribution in [1.82, 2.24) is 30.6 Å². The second-order valence-corrected chi connectivity index (χ2v) is 5.33. The Balaban J connectivity index is 1.66. The van der Waals surface area contributed by atoms with E-state index in [2.05, 4.69) is 30.6 Å². The summed E-state index contributed by atoms with van der Waals surface area (Å²) in [5, 5.41) is 5.45. The summed E-state index contributed by atoms with van der Waals surface area (Å²) in [6, 6.07) is 7.16. The number of nitrogens with one attached hydrogen (secondary N) is 2. The Labute approximate surface area is 149 Å². The molecule has 0 aliphatic rings. The average Bonchev–Trinajstić information content (AvgIpc) is 2.72. The van der Waals surface area contributed by atoms with Crippen LogP contribution >= 0.6 is 0 Å². The summed E-state index contributed by atoms with van der Waals surface area (Å²) in [5.74, 6) is -0.937. The number of carbonyl (C=O) groups excluding carboxylic acids is 2. The molecule has 3 aromatic rings. The molecule has 3 rings (SSSR count). The molecule has 0 saturated heterocycles. The van der Waals surface area contributed by atoms with Gasteiger partial charge < -0.3 is 10.6 Å². The van der Waals surface area contributed by atoms with E-state index in [0.29, 0.717) is 13.1 Å². The summed E-state index contributed by atoms with van der Waals surface area (Å²) >= 11 is 0. The summed E-state index contributed by atoms with van der Waals surface area (Å²) in [4.78, 5) is 40.7. The Bertz CT molecular complexity index is 812. The lowest BCUT2D eigenvalue weighted by Gasteiger charge is -2.09. The van der Waals surface area contributed by atoms with Crippen LogP contribution in [0.1, 0.15) is 32.1 Å². The van der Waals surface area contributed by atoms with E-state index < -0.39 is 11.8 Å². The van der Waals surface area contributed by atoms with Crippen LogP contribution in [0.3, 0.4) is 0 Å². The molecule has 3 heterocycles. The van der Waals surface area contributed by atoms with Gasteiger partial charge in [0.25, 0.3) is 11.8 Å². The van der Waals surface area contributed by atoms with Crippen LogP contribution in [-0.4, -0.2) is 31.8 Å². The van der Waals surface area contributed by atoms with Gasteiger partial charge in [-0.3, -0.25) is 19.6 Å². The monoisotopic (exact) mass is 348 g/mol. The van der Waals surface area contributed by atoms with E-state index in [9.17, 15) is 9.59 Å². The van der Waals surface area contributed by atoms with E-state index in [1.165, 1.54) is 12.4 Å². The van der Waals surface area contributed by atoms with Crippen LogP contribution in [0.4, 0.5) is 0 Å². The van der Waals surface area contributed by atoms with Crippen LogP contribution in [0.2, 0.25) is 0 Å². The fourth-order valence-electron chi connectivity index (χ4n) is 2.20. The number of nitrogens with zero attached hydrogens (tertiary/aromatic N) is 4. The van der Waals surface area contributed by atoms with E-state index in [1.807, 2.05) is 0 Å². The van der Waals surface area contributed by atoms with Crippen molar-refractivity contribution >= 4 is 11.8 Å². The predicted octanol–water partition coefficient (Wildman–Crippen LogP) is 1.13. The first-order chi connectivity index (χ1) is 12.7. The number of hydrogen-bond donors (Lipinski definition) is 2. The zero-order chi connectivity index (χ0) is 18.2. The summed E-state index contributed by atoms with van der Waals surface area (Å²) in [5.41, 5.74) is 1.74. The molecule has 0 bridgehead atoms. The second kappa shape index (κ2) is 8.43. The molecule has 8 nitrogen and oxygen atoms in total. The van der Waals surface area contributed by atoms with Crippen molar-refractivity contribution in [3.8, 4) is 0 Å². The molecule has 0 unspecified atom stereocenters. The molecule has 2 amide bonds. The molecule has 0 aliphatic heterocycles. The van der Waals surface area contributed by atoms with Gasteiger partial charge in [0.1, 0.15) is 0 Å². The van der Waals surface area contributed by atoms with Crippen molar-refractivity contribution in [2.45, 2.75) is 13.1 Å². The quantitative estimate of drug-likeness (QED) is 0.691. The van der Waals surface area contributed by atoms with Crippen LogP contribution in [0.25, 0.3) is 0 Å². The first kappa shape index (κ1) is 17.2. The third-order valence-electron chi connectivity index (χ3n) is 3.53. The van der Waals surface area contributed by atoms with E-state index in [0.717, 1.165) is 11.1 Å². The highest BCUT2D eigenvalue weighted by molar-refractivity contribution is 6.04. The lowest BCUT2D eigenvalue weighted by atomic mass is 10.2. The zero-order valence-electron chi connectivity index (χ0n) is 13.8. The van der Waals surface area contributed by atoms with Crippen molar-refractivity contribution in [1.29, 1.82) is 0 Å². The Morgan fingerprint density at radius 1 is 0.654 bits per heavy atom. The molecular weight excluding hydrogens is 332 g/mol. The van der Waals surface area contributed by atoms with Crippen molar-refractivity contribution in [3.05, 3.63) is 84.0 Å². The summed E-state index contributed by atoms with van der Waals surface area (Å²) in [7, 11) is 0. The topological polar surface area (TPSA) is 110 Å². The minimum Gasteiger partial charge on any atom is -0.347 e. The van der Waals surface area contributed by atoms with Crippen molar-refractivity contribution < 1.29 is 9.59 Å². The molecule has 0 atom stereocenters. The van der Waals surface area contributed by atoms with Crippen LogP contribution in [0, 0.1) is 0 Å². The molecular formula is C18H16N6O2. The van der Waals surface area contributed by atoms with Gasteiger partial charge in [-0.1, -0.05) is 0 Å². The molecule has 130 valence electrons. The number of carbonyl (C=O) groups is 2. The molecule has 2 N–H and O–H groups in total. The number of hydrogen-bond acceptors (Lipinski definition) is 6. The Kier molecular flexibility index (Phi) is 5.56. The maximum absolute atomic E-state index is 12.4. The van der Waals surface area contributed by atoms with Crippen molar-refractivity contribution in [2.75, 3.05) is 0 Å². The minimum atomic E-state index is -0.469. The van der Waals surface area contributed by atoms with E-state index >= 15 is 0 Å². The summed E-state index contributed by atoms with van der Waals surface area (Å²) in [6.07, 6.45) is 9.31. The Morgan fingerprint density at radius 3 is 1.42 bits per heavy atom. The SMILES string of the molecule is O=C(NCc1ccncc1)c1nccnc1C(=O)NCc1ccncc1. The highest BCUT2D eigenvalue weighted by atomic mass is 16.2.